The lowest BCUT2D eigenvalue weighted by molar-refractivity contribution is -0.146. The number of nitrogens with one attached hydrogen (secondary N) is 1. The van der Waals surface area contributed by atoms with Crippen molar-refractivity contribution >= 4 is 21.9 Å². The van der Waals surface area contributed by atoms with Crippen LogP contribution in [0.2, 0.25) is 0 Å². The van der Waals surface area contributed by atoms with Gasteiger partial charge in [0, 0.05) is 30.4 Å². The highest BCUT2D eigenvalue weighted by atomic mass is 79.9. The number of alkyl halides is 2. The summed E-state index contributed by atoms with van der Waals surface area (Å²) in [6.45, 7) is 1.00. The van der Waals surface area contributed by atoms with Gasteiger partial charge in [0.1, 0.15) is 25.1 Å². The van der Waals surface area contributed by atoms with Gasteiger partial charge in [-0.15, -0.1) is 0 Å². The Bertz CT molecular complexity index is 643. The van der Waals surface area contributed by atoms with E-state index in [4.69, 9.17) is 9.47 Å². The first-order chi connectivity index (χ1) is 9.92. The van der Waals surface area contributed by atoms with Crippen molar-refractivity contribution in [3.63, 3.8) is 0 Å². The molecule has 1 N–H and O–H groups in total. The molecule has 1 aromatic heterocycles. The van der Waals surface area contributed by atoms with Crippen molar-refractivity contribution in [3.05, 3.63) is 32.6 Å². The average molecular weight is 365 g/mol. The Balaban J connectivity index is 2.19. The van der Waals surface area contributed by atoms with E-state index < -0.39 is 35.7 Å². The minimum Gasteiger partial charge on any atom is -0.463 e. The third kappa shape index (κ3) is 3.59. The van der Waals surface area contributed by atoms with Gasteiger partial charge in [0.2, 0.25) is 0 Å². The molecule has 0 unspecified atom stereocenters. The van der Waals surface area contributed by atoms with Crippen LogP contribution in [0.4, 0.5) is 4.39 Å². The third-order valence-corrected chi connectivity index (χ3v) is 3.71. The van der Waals surface area contributed by atoms with Crippen LogP contribution in [0, 0.1) is 0 Å². The van der Waals surface area contributed by atoms with Crippen LogP contribution in [0.1, 0.15) is 25.1 Å². The molecule has 9 heteroatoms. The highest BCUT2D eigenvalue weighted by Gasteiger charge is 2.37. The largest absolute Gasteiger partial charge is 0.463 e. The van der Waals surface area contributed by atoms with E-state index in [1.807, 2.05) is 0 Å². The molecule has 116 valence electrons. The molecule has 3 atom stereocenters. The number of hydrogen-bond acceptors (Lipinski definition) is 5. The van der Waals surface area contributed by atoms with Gasteiger partial charge in [-0.3, -0.25) is 19.1 Å². The van der Waals surface area contributed by atoms with E-state index in [1.165, 1.54) is 13.1 Å². The van der Waals surface area contributed by atoms with Gasteiger partial charge in [0.15, 0.2) is 0 Å². The van der Waals surface area contributed by atoms with Crippen molar-refractivity contribution in [3.8, 4) is 0 Å². The van der Waals surface area contributed by atoms with E-state index in [0.717, 1.165) is 4.57 Å². The molecule has 1 aliphatic rings. The summed E-state index contributed by atoms with van der Waals surface area (Å²) in [6, 6.07) is 0. The number of aromatic amines is 1. The SMILES string of the molecule is CC(=O)OC[C@H]1O[C@@H](n2cc(CBr)c(=O)[nH]c2=O)C[C@@H]1F. The standard InChI is InChI=1S/C12H14BrFN2O5/c1-6(17)20-5-9-8(14)2-10(21-9)16-4-7(3-13)11(18)15-12(16)19/h4,8-10H,2-3,5H2,1H3,(H,15,18,19)/t8-,9+,10+/m0/s1. The number of H-pyrrole nitrogens is 1. The van der Waals surface area contributed by atoms with Crippen LogP contribution in [-0.4, -0.2) is 34.4 Å². The number of aromatic nitrogens is 2. The number of rotatable bonds is 4. The molecule has 21 heavy (non-hydrogen) atoms. The summed E-state index contributed by atoms with van der Waals surface area (Å²) in [5, 5.41) is 0.255. The lowest BCUT2D eigenvalue weighted by atomic mass is 10.2. The molecule has 1 aromatic rings. The van der Waals surface area contributed by atoms with Crippen LogP contribution < -0.4 is 11.2 Å². The quantitative estimate of drug-likeness (QED) is 0.624. The van der Waals surface area contributed by atoms with Crippen LogP contribution in [0.25, 0.3) is 0 Å². The summed E-state index contributed by atoms with van der Waals surface area (Å²) >= 11 is 3.13. The highest BCUT2D eigenvalue weighted by molar-refractivity contribution is 9.08. The number of nitrogens with zero attached hydrogens (tertiary/aromatic N) is 1. The van der Waals surface area contributed by atoms with Crippen LogP contribution in [0.3, 0.4) is 0 Å². The molecule has 0 amide bonds. The van der Waals surface area contributed by atoms with E-state index in [0.29, 0.717) is 5.56 Å². The molecule has 1 saturated heterocycles. The second-order valence-corrected chi connectivity index (χ2v) is 5.20. The van der Waals surface area contributed by atoms with Crippen molar-refractivity contribution in [2.45, 2.75) is 37.2 Å². The van der Waals surface area contributed by atoms with Crippen molar-refractivity contribution in [2.24, 2.45) is 0 Å². The van der Waals surface area contributed by atoms with Crippen molar-refractivity contribution in [1.29, 1.82) is 0 Å². The molecule has 0 aromatic carbocycles. The number of esters is 1. The van der Waals surface area contributed by atoms with E-state index in [1.54, 1.807) is 0 Å². The normalized spacial score (nSPS) is 25.0. The zero-order chi connectivity index (χ0) is 15.6. The van der Waals surface area contributed by atoms with Crippen LogP contribution in [-0.2, 0) is 19.6 Å². The van der Waals surface area contributed by atoms with E-state index in [-0.39, 0.29) is 18.4 Å². The second kappa shape index (κ2) is 6.52. The number of carbonyl (C=O) groups excluding carboxylic acids is 1. The molecule has 1 fully saturated rings. The van der Waals surface area contributed by atoms with E-state index in [2.05, 4.69) is 20.9 Å². The van der Waals surface area contributed by atoms with E-state index in [9.17, 15) is 18.8 Å². The van der Waals surface area contributed by atoms with Crippen LogP contribution in [0.15, 0.2) is 15.8 Å². The minimum absolute atomic E-state index is 0.0559. The fraction of sp³-hybridized carbons (Fsp3) is 0.583. The fourth-order valence-corrected chi connectivity index (χ4v) is 2.44. The Labute approximate surface area is 127 Å². The predicted octanol–water partition coefficient (Wildman–Crippen LogP) is 0.620. The minimum atomic E-state index is -1.36. The fourth-order valence-electron chi connectivity index (χ4n) is 2.05. The van der Waals surface area contributed by atoms with Gasteiger partial charge in [0.05, 0.1) is 0 Å². The second-order valence-electron chi connectivity index (χ2n) is 4.64. The third-order valence-electron chi connectivity index (χ3n) is 3.11. The smallest absolute Gasteiger partial charge is 0.330 e. The zero-order valence-electron chi connectivity index (χ0n) is 11.2. The summed E-state index contributed by atoms with van der Waals surface area (Å²) in [6.07, 6.45) is -1.85. The molecule has 2 rings (SSSR count). The monoisotopic (exact) mass is 364 g/mol. The van der Waals surface area contributed by atoms with Gasteiger partial charge in [-0.1, -0.05) is 15.9 Å². The molecule has 7 nitrogen and oxygen atoms in total. The van der Waals surface area contributed by atoms with Crippen molar-refractivity contribution < 1.29 is 18.7 Å². The Morgan fingerprint density at radius 3 is 2.95 bits per heavy atom. The topological polar surface area (TPSA) is 90.4 Å². The Morgan fingerprint density at radius 2 is 2.33 bits per heavy atom. The summed E-state index contributed by atoms with van der Waals surface area (Å²) in [5.41, 5.74) is -0.841. The first-order valence-corrected chi connectivity index (χ1v) is 7.37. The summed E-state index contributed by atoms with van der Waals surface area (Å²) in [7, 11) is 0. The van der Waals surface area contributed by atoms with Gasteiger partial charge in [-0.25, -0.2) is 9.18 Å². The van der Waals surface area contributed by atoms with Crippen LogP contribution >= 0.6 is 15.9 Å². The molecular formula is C12H14BrFN2O5. The average Bonchev–Trinajstić information content (AvgIpc) is 2.77. The Morgan fingerprint density at radius 1 is 1.62 bits per heavy atom. The molecule has 0 saturated carbocycles. The van der Waals surface area contributed by atoms with E-state index >= 15 is 0 Å². The molecular weight excluding hydrogens is 351 g/mol. The molecule has 2 heterocycles. The number of ether oxygens (including phenoxy) is 2. The molecule has 0 radical (unpaired) electrons. The van der Waals surface area contributed by atoms with Gasteiger partial charge in [0.25, 0.3) is 5.56 Å². The summed E-state index contributed by atoms with van der Waals surface area (Å²) in [4.78, 5) is 36.1. The van der Waals surface area contributed by atoms with Gasteiger partial charge in [-0.2, -0.15) is 0 Å². The lowest BCUT2D eigenvalue weighted by Crippen LogP contribution is -2.34. The predicted molar refractivity (Wildman–Crippen MR) is 74.0 cm³/mol. The zero-order valence-corrected chi connectivity index (χ0v) is 12.8. The number of hydrogen-bond donors (Lipinski definition) is 1. The van der Waals surface area contributed by atoms with Crippen molar-refractivity contribution in [2.75, 3.05) is 6.61 Å². The lowest BCUT2D eigenvalue weighted by Gasteiger charge is -2.15. The van der Waals surface area contributed by atoms with Gasteiger partial charge >= 0.3 is 11.7 Å². The first-order valence-electron chi connectivity index (χ1n) is 6.25. The molecule has 0 spiro atoms. The molecule has 1 aliphatic heterocycles. The molecule has 0 aliphatic carbocycles. The maximum atomic E-state index is 13.9. The number of carbonyl (C=O) groups is 1. The molecule has 0 bridgehead atoms. The summed E-state index contributed by atoms with van der Waals surface area (Å²) < 4.78 is 25.1. The maximum Gasteiger partial charge on any atom is 0.330 e. The maximum absolute atomic E-state index is 13.9. The van der Waals surface area contributed by atoms with Crippen LogP contribution in [0.5, 0.6) is 0 Å². The Hall–Kier alpha value is -1.48. The highest BCUT2D eigenvalue weighted by Crippen LogP contribution is 2.30. The summed E-state index contributed by atoms with van der Waals surface area (Å²) in [5.74, 6) is -0.531. The Kier molecular flexibility index (Phi) is 4.94. The number of halogens is 2. The van der Waals surface area contributed by atoms with Gasteiger partial charge < -0.3 is 9.47 Å². The van der Waals surface area contributed by atoms with Gasteiger partial charge in [-0.05, 0) is 0 Å². The van der Waals surface area contributed by atoms with Crippen molar-refractivity contribution in [1.82, 2.24) is 9.55 Å². The first kappa shape index (κ1) is 15.9.